The molecule has 0 unspecified atom stereocenters. The summed E-state index contributed by atoms with van der Waals surface area (Å²) < 4.78 is 15.1. The third-order valence-corrected chi connectivity index (χ3v) is 5.71. The molecule has 1 aliphatic heterocycles. The van der Waals surface area contributed by atoms with E-state index in [0.29, 0.717) is 51.7 Å². The smallest absolute Gasteiger partial charge is 0.324 e. The number of nitrogens with zero attached hydrogens (tertiary/aromatic N) is 2. The number of benzene rings is 2. The number of anilines is 2. The molecule has 0 saturated heterocycles. The summed E-state index contributed by atoms with van der Waals surface area (Å²) in [4.78, 5) is 36.2. The number of rotatable bonds is 5. The van der Waals surface area contributed by atoms with E-state index in [2.05, 4.69) is 30.9 Å². The molecule has 34 heavy (non-hydrogen) atoms. The first-order chi connectivity index (χ1) is 16.5. The van der Waals surface area contributed by atoms with Gasteiger partial charge in [0.15, 0.2) is 0 Å². The van der Waals surface area contributed by atoms with E-state index in [9.17, 15) is 9.59 Å². The van der Waals surface area contributed by atoms with Crippen molar-refractivity contribution in [3.63, 3.8) is 0 Å². The Morgan fingerprint density at radius 1 is 1.03 bits per heavy atom. The van der Waals surface area contributed by atoms with Crippen LogP contribution in [0.15, 0.2) is 61.1 Å². The Morgan fingerprint density at radius 2 is 1.85 bits per heavy atom. The maximum atomic E-state index is 15.1. The molecule has 8 nitrogen and oxygen atoms in total. The van der Waals surface area contributed by atoms with Gasteiger partial charge in [-0.15, -0.1) is 0 Å². The highest BCUT2D eigenvalue weighted by Gasteiger charge is 2.28. The summed E-state index contributed by atoms with van der Waals surface area (Å²) in [5.74, 6) is 0.249. The molecule has 0 saturated carbocycles. The number of aromatic amines is 1. The predicted molar refractivity (Wildman–Crippen MR) is 127 cm³/mol. The van der Waals surface area contributed by atoms with Gasteiger partial charge in [-0.25, -0.2) is 19.2 Å². The van der Waals surface area contributed by atoms with Gasteiger partial charge in [-0.2, -0.15) is 0 Å². The second kappa shape index (κ2) is 8.78. The van der Waals surface area contributed by atoms with E-state index in [4.69, 9.17) is 0 Å². The number of halogens is 1. The van der Waals surface area contributed by atoms with Gasteiger partial charge in [0.25, 0.3) is 5.91 Å². The zero-order valence-corrected chi connectivity index (χ0v) is 18.3. The van der Waals surface area contributed by atoms with Gasteiger partial charge in [0.05, 0.1) is 5.56 Å². The number of fused-ring (bicyclic) bond motifs is 1. The predicted octanol–water partition coefficient (Wildman–Crippen LogP) is 4.73. The van der Waals surface area contributed by atoms with Crippen molar-refractivity contribution in [3.8, 4) is 22.5 Å². The number of aryl methyl sites for hydroxylation is 1. The van der Waals surface area contributed by atoms with Crippen LogP contribution in [0, 0.1) is 5.82 Å². The highest BCUT2D eigenvalue weighted by atomic mass is 19.1. The number of pyridine rings is 1. The van der Waals surface area contributed by atoms with Gasteiger partial charge < -0.3 is 15.6 Å². The SMILES string of the molecule is CCc1ccnc(NC(=O)Nc2ccc(-c3ccc(-c4ncc[nH]4)c4c3CNC4=O)c(F)c2)c1. The fraction of sp³-hybridized carbons (Fsp3) is 0.120. The van der Waals surface area contributed by atoms with Gasteiger partial charge in [0.1, 0.15) is 17.5 Å². The first kappa shape index (κ1) is 21.3. The monoisotopic (exact) mass is 456 g/mol. The number of aromatic nitrogens is 3. The first-order valence-corrected chi connectivity index (χ1v) is 10.8. The molecule has 3 amide bonds. The topological polar surface area (TPSA) is 112 Å². The van der Waals surface area contributed by atoms with Crippen molar-refractivity contribution < 1.29 is 14.0 Å². The molecule has 0 atom stereocenters. The molecule has 0 spiro atoms. The normalized spacial score (nSPS) is 12.2. The Hall–Kier alpha value is -4.53. The number of carbonyl (C=O) groups is 2. The van der Waals surface area contributed by atoms with Crippen molar-refractivity contribution >= 4 is 23.4 Å². The second-order valence-electron chi connectivity index (χ2n) is 7.81. The molecule has 9 heteroatoms. The summed E-state index contributed by atoms with van der Waals surface area (Å²) in [7, 11) is 0. The van der Waals surface area contributed by atoms with Crippen molar-refractivity contribution in [1.82, 2.24) is 20.3 Å². The van der Waals surface area contributed by atoms with Gasteiger partial charge >= 0.3 is 6.03 Å². The van der Waals surface area contributed by atoms with Gasteiger partial charge in [0, 0.05) is 41.9 Å². The maximum Gasteiger partial charge on any atom is 0.324 e. The lowest BCUT2D eigenvalue weighted by Crippen LogP contribution is -2.20. The van der Waals surface area contributed by atoms with Crippen LogP contribution in [0.2, 0.25) is 0 Å². The Kier molecular flexibility index (Phi) is 5.51. The van der Waals surface area contributed by atoms with E-state index in [-0.39, 0.29) is 5.91 Å². The van der Waals surface area contributed by atoms with E-state index < -0.39 is 11.8 Å². The summed E-state index contributed by atoms with van der Waals surface area (Å²) in [5, 5.41) is 8.09. The van der Waals surface area contributed by atoms with Crippen LogP contribution in [0.3, 0.4) is 0 Å². The Labute approximate surface area is 194 Å². The average Bonchev–Trinajstić information content (AvgIpc) is 3.50. The molecule has 0 aliphatic carbocycles. The highest BCUT2D eigenvalue weighted by molar-refractivity contribution is 6.06. The van der Waals surface area contributed by atoms with Gasteiger partial charge in [-0.05, 0) is 59.5 Å². The lowest BCUT2D eigenvalue weighted by Gasteiger charge is -2.13. The van der Waals surface area contributed by atoms with E-state index in [0.717, 1.165) is 12.0 Å². The summed E-state index contributed by atoms with van der Waals surface area (Å²) >= 11 is 0. The number of hydrogen-bond donors (Lipinski definition) is 4. The molecule has 4 aromatic rings. The van der Waals surface area contributed by atoms with Crippen LogP contribution in [0.25, 0.3) is 22.5 Å². The molecule has 2 aromatic carbocycles. The standard InChI is InChI=1S/C25H21FN6O2/c1-2-14-7-8-27-21(11-14)32-25(34)31-15-3-4-17(20(26)12-15)16-5-6-18(23-28-9-10-29-23)22-19(16)13-30-24(22)33/h3-12H,2,13H2,1H3,(H,28,29)(H,30,33)(H2,27,31,32,34). The molecule has 0 radical (unpaired) electrons. The van der Waals surface area contributed by atoms with Crippen LogP contribution in [0.5, 0.6) is 0 Å². The van der Waals surface area contributed by atoms with Crippen molar-refractivity contribution in [1.29, 1.82) is 0 Å². The number of nitrogens with one attached hydrogen (secondary N) is 4. The minimum absolute atomic E-state index is 0.223. The summed E-state index contributed by atoms with van der Waals surface area (Å²) in [5.41, 5.74) is 4.13. The third kappa shape index (κ3) is 3.99. The quantitative estimate of drug-likeness (QED) is 0.348. The minimum atomic E-state index is -0.522. The van der Waals surface area contributed by atoms with Crippen LogP contribution < -0.4 is 16.0 Å². The first-order valence-electron chi connectivity index (χ1n) is 10.8. The minimum Gasteiger partial charge on any atom is -0.348 e. The largest absolute Gasteiger partial charge is 0.348 e. The van der Waals surface area contributed by atoms with Crippen molar-refractivity contribution in [3.05, 3.63) is 83.6 Å². The number of carbonyl (C=O) groups excluding carboxylic acids is 2. The summed E-state index contributed by atoms with van der Waals surface area (Å²) in [6.45, 7) is 2.30. The van der Waals surface area contributed by atoms with Crippen LogP contribution in [0.1, 0.15) is 28.4 Å². The number of imidazole rings is 1. The summed E-state index contributed by atoms with van der Waals surface area (Å²) in [6, 6.07) is 11.1. The lowest BCUT2D eigenvalue weighted by atomic mass is 9.92. The molecular formula is C25H21FN6O2. The van der Waals surface area contributed by atoms with Gasteiger partial charge in [-0.3, -0.25) is 10.1 Å². The van der Waals surface area contributed by atoms with Crippen molar-refractivity contribution in [2.45, 2.75) is 19.9 Å². The molecular weight excluding hydrogens is 435 g/mol. The molecule has 170 valence electrons. The molecule has 4 N–H and O–H groups in total. The zero-order chi connectivity index (χ0) is 23.7. The highest BCUT2D eigenvalue weighted by Crippen LogP contribution is 2.36. The lowest BCUT2D eigenvalue weighted by molar-refractivity contribution is 0.0966. The average molecular weight is 456 g/mol. The van der Waals surface area contributed by atoms with E-state index in [1.165, 1.54) is 6.07 Å². The number of H-pyrrole nitrogens is 1. The zero-order valence-electron chi connectivity index (χ0n) is 18.3. The summed E-state index contributed by atoms with van der Waals surface area (Å²) in [6.07, 6.45) is 5.73. The Balaban J connectivity index is 1.40. The van der Waals surface area contributed by atoms with Gasteiger partial charge in [0.2, 0.25) is 0 Å². The fourth-order valence-corrected chi connectivity index (χ4v) is 4.06. The number of hydrogen-bond acceptors (Lipinski definition) is 4. The van der Waals surface area contributed by atoms with Crippen LogP contribution in [0.4, 0.5) is 20.7 Å². The number of urea groups is 1. The molecule has 0 fully saturated rings. The molecule has 3 heterocycles. The van der Waals surface area contributed by atoms with E-state index >= 15 is 4.39 Å². The van der Waals surface area contributed by atoms with Crippen molar-refractivity contribution in [2.24, 2.45) is 0 Å². The Morgan fingerprint density at radius 3 is 2.62 bits per heavy atom. The third-order valence-electron chi connectivity index (χ3n) is 5.71. The Bertz CT molecular complexity index is 1400. The van der Waals surface area contributed by atoms with E-state index in [1.54, 1.807) is 48.9 Å². The molecule has 5 rings (SSSR count). The van der Waals surface area contributed by atoms with Crippen LogP contribution in [-0.2, 0) is 13.0 Å². The van der Waals surface area contributed by atoms with Crippen LogP contribution in [-0.4, -0.2) is 26.9 Å². The van der Waals surface area contributed by atoms with Gasteiger partial charge in [-0.1, -0.05) is 13.0 Å². The number of amides is 3. The van der Waals surface area contributed by atoms with Crippen LogP contribution >= 0.6 is 0 Å². The molecule has 0 bridgehead atoms. The molecule has 1 aliphatic rings. The van der Waals surface area contributed by atoms with E-state index in [1.807, 2.05) is 13.0 Å². The second-order valence-corrected chi connectivity index (χ2v) is 7.81. The molecule has 2 aromatic heterocycles. The maximum absolute atomic E-state index is 15.1. The van der Waals surface area contributed by atoms with Crippen molar-refractivity contribution in [2.75, 3.05) is 10.6 Å². The fourth-order valence-electron chi connectivity index (χ4n) is 4.06.